The van der Waals surface area contributed by atoms with Crippen LogP contribution in [0.3, 0.4) is 0 Å². The van der Waals surface area contributed by atoms with Gasteiger partial charge in [-0.1, -0.05) is 0 Å². The molecule has 96 valence electrons. The summed E-state index contributed by atoms with van der Waals surface area (Å²) in [6, 6.07) is 1.88. The largest absolute Gasteiger partial charge is 0.490 e. The van der Waals surface area contributed by atoms with Crippen molar-refractivity contribution in [2.75, 3.05) is 12.3 Å². The van der Waals surface area contributed by atoms with Gasteiger partial charge in [0.15, 0.2) is 11.6 Å². The first-order chi connectivity index (χ1) is 8.66. The van der Waals surface area contributed by atoms with Crippen LogP contribution >= 0.6 is 0 Å². The van der Waals surface area contributed by atoms with E-state index < -0.39 is 11.6 Å². The fourth-order valence-corrected chi connectivity index (χ4v) is 1.50. The summed E-state index contributed by atoms with van der Waals surface area (Å²) in [5.41, 5.74) is 5.00. The van der Waals surface area contributed by atoms with Crippen LogP contribution in [0.1, 0.15) is 6.42 Å². The Labute approximate surface area is 103 Å². The van der Waals surface area contributed by atoms with Crippen LogP contribution in [0.2, 0.25) is 0 Å². The molecule has 0 fully saturated rings. The topological polar surface area (TPSA) is 53.1 Å². The first-order valence-corrected chi connectivity index (χ1v) is 5.50. The van der Waals surface area contributed by atoms with E-state index in [0.29, 0.717) is 19.6 Å². The monoisotopic (exact) mass is 253 g/mol. The number of aromatic nitrogens is 2. The normalized spacial score (nSPS) is 10.6. The zero-order chi connectivity index (χ0) is 13.0. The van der Waals surface area contributed by atoms with Gasteiger partial charge in [0.1, 0.15) is 5.82 Å². The van der Waals surface area contributed by atoms with Crippen molar-refractivity contribution in [3.63, 3.8) is 0 Å². The van der Waals surface area contributed by atoms with Gasteiger partial charge in [-0.2, -0.15) is 0 Å². The minimum atomic E-state index is -0.680. The highest BCUT2D eigenvalue weighted by atomic mass is 19.1. The Bertz CT molecular complexity index is 514. The number of hydrogen-bond donors (Lipinski definition) is 1. The third-order valence-electron chi connectivity index (χ3n) is 2.43. The molecular weight excluding hydrogens is 240 g/mol. The fraction of sp³-hybridized carbons (Fsp3) is 0.250. The Kier molecular flexibility index (Phi) is 3.76. The van der Waals surface area contributed by atoms with Crippen LogP contribution < -0.4 is 10.5 Å². The lowest BCUT2D eigenvalue weighted by molar-refractivity contribution is 0.286. The zero-order valence-electron chi connectivity index (χ0n) is 9.64. The molecule has 0 unspecified atom stereocenters. The predicted molar refractivity (Wildman–Crippen MR) is 63.1 cm³/mol. The maximum atomic E-state index is 13.3. The molecule has 1 heterocycles. The quantitative estimate of drug-likeness (QED) is 0.656. The second-order valence-corrected chi connectivity index (χ2v) is 3.81. The Morgan fingerprint density at radius 1 is 1.28 bits per heavy atom. The van der Waals surface area contributed by atoms with E-state index in [2.05, 4.69) is 4.98 Å². The molecule has 2 N–H and O–H groups in total. The summed E-state index contributed by atoms with van der Waals surface area (Å²) in [6.45, 7) is 0.998. The minimum Gasteiger partial charge on any atom is -0.490 e. The lowest BCUT2D eigenvalue weighted by Crippen LogP contribution is -2.05. The summed E-state index contributed by atoms with van der Waals surface area (Å²) < 4.78 is 33.5. The zero-order valence-corrected chi connectivity index (χ0v) is 9.64. The van der Waals surface area contributed by atoms with Crippen LogP contribution in [0.15, 0.2) is 30.9 Å². The van der Waals surface area contributed by atoms with E-state index in [1.165, 1.54) is 0 Å². The van der Waals surface area contributed by atoms with Gasteiger partial charge in [-0.3, -0.25) is 0 Å². The summed E-state index contributed by atoms with van der Waals surface area (Å²) in [4.78, 5) is 3.89. The Morgan fingerprint density at radius 3 is 2.83 bits per heavy atom. The summed E-state index contributed by atoms with van der Waals surface area (Å²) in [5.74, 6) is -1.45. The highest BCUT2D eigenvalue weighted by Gasteiger charge is 2.08. The third kappa shape index (κ3) is 2.97. The molecule has 1 aromatic carbocycles. The Morgan fingerprint density at radius 2 is 2.11 bits per heavy atom. The molecule has 2 rings (SSSR count). The number of benzene rings is 1. The molecule has 0 aliphatic rings. The minimum absolute atomic E-state index is 0.118. The SMILES string of the molecule is Nc1cc(F)c(OCCCn2ccnc2)cc1F. The van der Waals surface area contributed by atoms with Crippen molar-refractivity contribution < 1.29 is 13.5 Å². The average molecular weight is 253 g/mol. The fourth-order valence-electron chi connectivity index (χ4n) is 1.50. The van der Waals surface area contributed by atoms with Gasteiger partial charge in [0, 0.05) is 31.1 Å². The molecule has 18 heavy (non-hydrogen) atoms. The summed E-state index contributed by atoms with van der Waals surface area (Å²) in [7, 11) is 0. The molecule has 0 amide bonds. The van der Waals surface area contributed by atoms with Gasteiger partial charge in [-0.15, -0.1) is 0 Å². The van der Waals surface area contributed by atoms with Crippen molar-refractivity contribution in [2.24, 2.45) is 0 Å². The lowest BCUT2D eigenvalue weighted by Gasteiger charge is -2.08. The van der Waals surface area contributed by atoms with Gasteiger partial charge >= 0.3 is 0 Å². The van der Waals surface area contributed by atoms with Gasteiger partial charge in [0.25, 0.3) is 0 Å². The van der Waals surface area contributed by atoms with Crippen LogP contribution in [0.4, 0.5) is 14.5 Å². The Balaban J connectivity index is 1.85. The van der Waals surface area contributed by atoms with E-state index in [-0.39, 0.29) is 11.4 Å². The summed E-state index contributed by atoms with van der Waals surface area (Å²) in [6.07, 6.45) is 5.85. The van der Waals surface area contributed by atoms with Crippen molar-refractivity contribution in [1.82, 2.24) is 9.55 Å². The molecule has 0 bridgehead atoms. The van der Waals surface area contributed by atoms with Gasteiger partial charge in [0.05, 0.1) is 18.6 Å². The predicted octanol–water partition coefficient (Wildman–Crippen LogP) is 2.21. The number of hydrogen-bond acceptors (Lipinski definition) is 3. The first-order valence-electron chi connectivity index (χ1n) is 5.50. The van der Waals surface area contributed by atoms with Crippen LogP contribution in [0.25, 0.3) is 0 Å². The molecule has 2 aromatic rings. The number of nitrogen functional groups attached to an aromatic ring is 1. The van der Waals surface area contributed by atoms with E-state index in [4.69, 9.17) is 10.5 Å². The molecule has 0 saturated heterocycles. The summed E-state index contributed by atoms with van der Waals surface area (Å²) in [5, 5.41) is 0. The number of anilines is 1. The highest BCUT2D eigenvalue weighted by Crippen LogP contribution is 2.22. The molecule has 1 aromatic heterocycles. The van der Waals surface area contributed by atoms with E-state index in [0.717, 1.165) is 12.1 Å². The molecular formula is C12H13F2N3O. The van der Waals surface area contributed by atoms with Crippen LogP contribution in [-0.4, -0.2) is 16.2 Å². The number of aryl methyl sites for hydroxylation is 1. The number of ether oxygens (including phenoxy) is 1. The number of halogens is 2. The molecule has 0 atom stereocenters. The van der Waals surface area contributed by atoms with Crippen molar-refractivity contribution in [2.45, 2.75) is 13.0 Å². The van der Waals surface area contributed by atoms with Gasteiger partial charge in [0.2, 0.25) is 0 Å². The molecule has 0 spiro atoms. The standard InChI is InChI=1S/C12H13F2N3O/c13-9-7-12(10(14)6-11(9)15)18-5-1-3-17-4-2-16-8-17/h2,4,6-8H,1,3,5,15H2. The first kappa shape index (κ1) is 12.3. The van der Waals surface area contributed by atoms with E-state index >= 15 is 0 Å². The van der Waals surface area contributed by atoms with Crippen LogP contribution in [0, 0.1) is 11.6 Å². The second-order valence-electron chi connectivity index (χ2n) is 3.81. The number of imidazole rings is 1. The van der Waals surface area contributed by atoms with Gasteiger partial charge < -0.3 is 15.0 Å². The van der Waals surface area contributed by atoms with Gasteiger partial charge in [-0.25, -0.2) is 13.8 Å². The molecule has 0 radical (unpaired) electrons. The molecule has 0 saturated carbocycles. The third-order valence-corrected chi connectivity index (χ3v) is 2.43. The van der Waals surface area contributed by atoms with Gasteiger partial charge in [-0.05, 0) is 6.42 Å². The number of nitrogens with zero attached hydrogens (tertiary/aromatic N) is 2. The number of rotatable bonds is 5. The van der Waals surface area contributed by atoms with Crippen molar-refractivity contribution in [1.29, 1.82) is 0 Å². The number of nitrogens with two attached hydrogens (primary N) is 1. The van der Waals surface area contributed by atoms with E-state index in [1.54, 1.807) is 12.5 Å². The molecule has 4 nitrogen and oxygen atoms in total. The lowest BCUT2D eigenvalue weighted by atomic mass is 10.3. The highest BCUT2D eigenvalue weighted by molar-refractivity contribution is 5.44. The van der Waals surface area contributed by atoms with Crippen LogP contribution in [0.5, 0.6) is 5.75 Å². The average Bonchev–Trinajstić information content (AvgIpc) is 2.84. The Hall–Kier alpha value is -2.11. The van der Waals surface area contributed by atoms with E-state index in [1.807, 2.05) is 10.8 Å². The van der Waals surface area contributed by atoms with Crippen LogP contribution in [-0.2, 0) is 6.54 Å². The molecule has 0 aliphatic carbocycles. The van der Waals surface area contributed by atoms with Crippen molar-refractivity contribution in [3.05, 3.63) is 42.5 Å². The van der Waals surface area contributed by atoms with Crippen molar-refractivity contribution in [3.8, 4) is 5.75 Å². The summed E-state index contributed by atoms with van der Waals surface area (Å²) >= 11 is 0. The maximum absolute atomic E-state index is 13.3. The molecule has 0 aliphatic heterocycles. The molecule has 6 heteroatoms. The maximum Gasteiger partial charge on any atom is 0.167 e. The smallest absolute Gasteiger partial charge is 0.167 e. The van der Waals surface area contributed by atoms with E-state index in [9.17, 15) is 8.78 Å². The second kappa shape index (κ2) is 5.48. The van der Waals surface area contributed by atoms with Crippen molar-refractivity contribution >= 4 is 5.69 Å².